The standard InChI is InChI=1S/C19H22ClNO3/c1-3-23-17-9-12-7-8-21-19(14(12)11-18(17)24-4-2)15-10-13(20)5-6-16(15)22/h5-6,9-11,19,21-22H,3-4,7-8H2,1-2H3/t19-/m0/s1. The Bertz CT molecular complexity index is 733. The zero-order valence-electron chi connectivity index (χ0n) is 13.9. The summed E-state index contributed by atoms with van der Waals surface area (Å²) in [4.78, 5) is 0. The van der Waals surface area contributed by atoms with Gasteiger partial charge in [-0.2, -0.15) is 0 Å². The van der Waals surface area contributed by atoms with Crippen LogP contribution in [0.4, 0.5) is 0 Å². The molecule has 2 aromatic rings. The van der Waals surface area contributed by atoms with Crippen molar-refractivity contribution in [3.8, 4) is 17.2 Å². The molecule has 0 unspecified atom stereocenters. The van der Waals surface area contributed by atoms with Crippen LogP contribution in [0.5, 0.6) is 17.2 Å². The zero-order valence-corrected chi connectivity index (χ0v) is 14.7. The molecule has 0 amide bonds. The number of hydrogen-bond donors (Lipinski definition) is 2. The molecule has 0 aliphatic carbocycles. The quantitative estimate of drug-likeness (QED) is 0.855. The summed E-state index contributed by atoms with van der Waals surface area (Å²) in [5.41, 5.74) is 3.06. The number of benzene rings is 2. The Morgan fingerprint density at radius 3 is 2.50 bits per heavy atom. The predicted molar refractivity (Wildman–Crippen MR) is 95.4 cm³/mol. The molecule has 1 atom stereocenters. The Balaban J connectivity index is 2.09. The first-order valence-corrected chi connectivity index (χ1v) is 8.66. The lowest BCUT2D eigenvalue weighted by atomic mass is 9.89. The van der Waals surface area contributed by atoms with Crippen LogP contribution >= 0.6 is 11.6 Å². The Morgan fingerprint density at radius 2 is 1.79 bits per heavy atom. The van der Waals surface area contributed by atoms with Crippen LogP contribution in [0, 0.1) is 0 Å². The Labute approximate surface area is 147 Å². The maximum atomic E-state index is 10.3. The highest BCUT2D eigenvalue weighted by Gasteiger charge is 2.26. The minimum absolute atomic E-state index is 0.123. The normalized spacial score (nSPS) is 16.5. The topological polar surface area (TPSA) is 50.7 Å². The van der Waals surface area contributed by atoms with Crippen LogP contribution in [0.1, 0.15) is 36.6 Å². The highest BCUT2D eigenvalue weighted by molar-refractivity contribution is 6.30. The van der Waals surface area contributed by atoms with Crippen LogP contribution in [0.3, 0.4) is 0 Å². The summed E-state index contributed by atoms with van der Waals surface area (Å²) in [6, 6.07) is 9.07. The van der Waals surface area contributed by atoms with Gasteiger partial charge in [-0.05, 0) is 61.7 Å². The highest BCUT2D eigenvalue weighted by atomic mass is 35.5. The Hall–Kier alpha value is -1.91. The third kappa shape index (κ3) is 3.30. The molecule has 3 rings (SSSR count). The molecule has 128 valence electrons. The summed E-state index contributed by atoms with van der Waals surface area (Å²) in [7, 11) is 0. The zero-order chi connectivity index (χ0) is 17.1. The number of hydrogen-bond acceptors (Lipinski definition) is 4. The van der Waals surface area contributed by atoms with Crippen molar-refractivity contribution < 1.29 is 14.6 Å². The lowest BCUT2D eigenvalue weighted by Gasteiger charge is -2.29. The van der Waals surface area contributed by atoms with Gasteiger partial charge in [-0.25, -0.2) is 0 Å². The molecule has 1 aliphatic heterocycles. The number of halogens is 1. The number of ether oxygens (including phenoxy) is 2. The smallest absolute Gasteiger partial charge is 0.161 e. The minimum Gasteiger partial charge on any atom is -0.508 e. The second-order valence-corrected chi connectivity index (χ2v) is 6.14. The SMILES string of the molecule is CCOc1cc2c(cc1OCC)[C@@H](c1cc(Cl)ccc1O)NCC2. The maximum Gasteiger partial charge on any atom is 0.161 e. The van der Waals surface area contributed by atoms with Gasteiger partial charge in [0, 0.05) is 17.1 Å². The fraction of sp³-hybridized carbons (Fsp3) is 0.368. The van der Waals surface area contributed by atoms with Gasteiger partial charge in [0.25, 0.3) is 0 Å². The van der Waals surface area contributed by atoms with Gasteiger partial charge in [0.15, 0.2) is 11.5 Å². The van der Waals surface area contributed by atoms with Crippen molar-refractivity contribution in [2.45, 2.75) is 26.3 Å². The van der Waals surface area contributed by atoms with Crippen molar-refractivity contribution in [1.29, 1.82) is 0 Å². The molecule has 24 heavy (non-hydrogen) atoms. The van der Waals surface area contributed by atoms with E-state index in [4.69, 9.17) is 21.1 Å². The predicted octanol–water partition coefficient (Wildman–Crippen LogP) is 4.08. The third-order valence-electron chi connectivity index (χ3n) is 4.16. The number of phenolic OH excluding ortho intramolecular Hbond substituents is 1. The summed E-state index contributed by atoms with van der Waals surface area (Å²) in [5.74, 6) is 1.74. The van der Waals surface area contributed by atoms with Gasteiger partial charge in [-0.15, -0.1) is 0 Å². The molecule has 0 radical (unpaired) electrons. The fourth-order valence-corrected chi connectivity index (χ4v) is 3.32. The summed E-state index contributed by atoms with van der Waals surface area (Å²) >= 11 is 6.13. The average Bonchev–Trinajstić information content (AvgIpc) is 2.57. The van der Waals surface area contributed by atoms with Crippen molar-refractivity contribution in [2.75, 3.05) is 19.8 Å². The Kier molecular flexibility index (Phi) is 5.17. The molecular weight excluding hydrogens is 326 g/mol. The van der Waals surface area contributed by atoms with Gasteiger partial charge in [0.05, 0.1) is 19.3 Å². The van der Waals surface area contributed by atoms with Gasteiger partial charge in [0.1, 0.15) is 5.75 Å². The van der Waals surface area contributed by atoms with Crippen molar-refractivity contribution in [3.63, 3.8) is 0 Å². The van der Waals surface area contributed by atoms with Gasteiger partial charge in [0.2, 0.25) is 0 Å². The van der Waals surface area contributed by atoms with Gasteiger partial charge in [-0.1, -0.05) is 11.6 Å². The van der Waals surface area contributed by atoms with Gasteiger partial charge in [-0.3, -0.25) is 0 Å². The molecule has 0 fully saturated rings. The summed E-state index contributed by atoms with van der Waals surface area (Å²) in [6.45, 7) is 5.90. The molecule has 0 spiro atoms. The van der Waals surface area contributed by atoms with E-state index in [1.807, 2.05) is 19.9 Å². The van der Waals surface area contributed by atoms with E-state index in [2.05, 4.69) is 11.4 Å². The van der Waals surface area contributed by atoms with Crippen LogP contribution in [-0.2, 0) is 6.42 Å². The average molecular weight is 348 g/mol. The van der Waals surface area contributed by atoms with Gasteiger partial charge < -0.3 is 19.9 Å². The first-order valence-electron chi connectivity index (χ1n) is 8.28. The van der Waals surface area contributed by atoms with Crippen LogP contribution < -0.4 is 14.8 Å². The fourth-order valence-electron chi connectivity index (χ4n) is 3.13. The van der Waals surface area contributed by atoms with E-state index < -0.39 is 0 Å². The van der Waals surface area contributed by atoms with E-state index in [0.29, 0.717) is 18.2 Å². The van der Waals surface area contributed by atoms with E-state index in [1.54, 1.807) is 18.2 Å². The maximum absolute atomic E-state index is 10.3. The molecule has 0 bridgehead atoms. The summed E-state index contributed by atoms with van der Waals surface area (Å²) in [5, 5.41) is 14.3. The van der Waals surface area contributed by atoms with Crippen LogP contribution in [0.2, 0.25) is 5.02 Å². The second kappa shape index (κ2) is 7.32. The minimum atomic E-state index is -0.123. The molecule has 2 N–H and O–H groups in total. The molecule has 5 heteroatoms. The molecule has 1 heterocycles. The third-order valence-corrected chi connectivity index (χ3v) is 4.39. The molecule has 0 saturated carbocycles. The van der Waals surface area contributed by atoms with Crippen LogP contribution in [0.25, 0.3) is 0 Å². The lowest BCUT2D eigenvalue weighted by Crippen LogP contribution is -2.30. The van der Waals surface area contributed by atoms with Gasteiger partial charge >= 0.3 is 0 Å². The summed E-state index contributed by atoms with van der Waals surface area (Å²) in [6.07, 6.45) is 0.902. The second-order valence-electron chi connectivity index (χ2n) is 5.70. The molecule has 2 aromatic carbocycles. The number of aromatic hydroxyl groups is 1. The largest absolute Gasteiger partial charge is 0.508 e. The van der Waals surface area contributed by atoms with Crippen LogP contribution in [0.15, 0.2) is 30.3 Å². The van der Waals surface area contributed by atoms with Crippen molar-refractivity contribution >= 4 is 11.6 Å². The monoisotopic (exact) mass is 347 g/mol. The number of nitrogens with one attached hydrogen (secondary N) is 1. The number of rotatable bonds is 5. The number of phenols is 1. The first-order chi connectivity index (χ1) is 11.6. The van der Waals surface area contributed by atoms with E-state index >= 15 is 0 Å². The molecule has 4 nitrogen and oxygen atoms in total. The van der Waals surface area contributed by atoms with Crippen molar-refractivity contribution in [3.05, 3.63) is 52.0 Å². The van der Waals surface area contributed by atoms with Crippen LogP contribution in [-0.4, -0.2) is 24.9 Å². The van der Waals surface area contributed by atoms with E-state index in [9.17, 15) is 5.11 Å². The molecule has 0 saturated heterocycles. The highest BCUT2D eigenvalue weighted by Crippen LogP contribution is 2.40. The van der Waals surface area contributed by atoms with Crippen molar-refractivity contribution in [2.24, 2.45) is 0 Å². The lowest BCUT2D eigenvalue weighted by molar-refractivity contribution is 0.286. The first kappa shape index (κ1) is 16.9. The summed E-state index contributed by atoms with van der Waals surface area (Å²) < 4.78 is 11.5. The van der Waals surface area contributed by atoms with Crippen molar-refractivity contribution in [1.82, 2.24) is 5.32 Å². The molecule has 0 aromatic heterocycles. The Morgan fingerprint density at radius 1 is 1.08 bits per heavy atom. The van der Waals surface area contributed by atoms with E-state index in [1.165, 1.54) is 5.56 Å². The molecule has 1 aliphatic rings. The van der Waals surface area contributed by atoms with E-state index in [-0.39, 0.29) is 11.8 Å². The van der Waals surface area contributed by atoms with E-state index in [0.717, 1.165) is 35.6 Å². The molecular formula is C19H22ClNO3. The number of fused-ring (bicyclic) bond motifs is 1.